The molecule has 1 aromatic rings. The third-order valence-corrected chi connectivity index (χ3v) is 3.07. The molecule has 3 heterocycles. The van der Waals surface area contributed by atoms with Crippen molar-refractivity contribution in [3.63, 3.8) is 0 Å². The van der Waals surface area contributed by atoms with E-state index in [1.807, 2.05) is 0 Å². The van der Waals surface area contributed by atoms with Crippen LogP contribution in [0, 0.1) is 0 Å². The van der Waals surface area contributed by atoms with Crippen LogP contribution in [-0.2, 0) is 17.7 Å². The van der Waals surface area contributed by atoms with Crippen LogP contribution in [0.25, 0.3) is 0 Å². The van der Waals surface area contributed by atoms with Gasteiger partial charge in [-0.3, -0.25) is 4.79 Å². The molecule has 0 unspecified atom stereocenters. The van der Waals surface area contributed by atoms with E-state index in [1.54, 1.807) is 4.57 Å². The van der Waals surface area contributed by atoms with Gasteiger partial charge in [0, 0.05) is 18.3 Å². The average molecular weight is 219 g/mol. The molecule has 0 fully saturated rings. The monoisotopic (exact) mass is 219 g/mol. The molecular weight excluding hydrogens is 210 g/mol. The molecular formula is C11H9NO4. The molecule has 0 aromatic carbocycles. The minimum atomic E-state index is -0.703. The van der Waals surface area contributed by atoms with E-state index in [9.17, 15) is 14.4 Å². The van der Waals surface area contributed by atoms with E-state index in [0.29, 0.717) is 24.2 Å². The summed E-state index contributed by atoms with van der Waals surface area (Å²) < 4.78 is 6.09. The molecule has 0 spiro atoms. The number of aromatic nitrogens is 1. The number of hydrogen-bond donors (Lipinski definition) is 0. The SMILES string of the molecule is O=C1OC(=O)c2c1cc(=O)n1c2CCCC1. The lowest BCUT2D eigenvalue weighted by molar-refractivity contribution is 0.0443. The maximum Gasteiger partial charge on any atom is 0.348 e. The van der Waals surface area contributed by atoms with Crippen LogP contribution in [0.1, 0.15) is 39.3 Å². The van der Waals surface area contributed by atoms with E-state index < -0.39 is 11.9 Å². The number of carbonyl (C=O) groups excluding carboxylic acids is 2. The summed E-state index contributed by atoms with van der Waals surface area (Å²) in [5.74, 6) is -1.32. The number of rotatable bonds is 0. The first-order valence-electron chi connectivity index (χ1n) is 5.21. The van der Waals surface area contributed by atoms with Gasteiger partial charge >= 0.3 is 11.9 Å². The van der Waals surface area contributed by atoms with Crippen molar-refractivity contribution in [3.05, 3.63) is 33.2 Å². The number of hydrogen-bond acceptors (Lipinski definition) is 4. The van der Waals surface area contributed by atoms with Gasteiger partial charge in [-0.05, 0) is 19.3 Å². The highest BCUT2D eigenvalue weighted by Crippen LogP contribution is 2.25. The zero-order valence-electron chi connectivity index (χ0n) is 8.49. The van der Waals surface area contributed by atoms with Crippen LogP contribution in [0.15, 0.2) is 10.9 Å². The molecule has 0 amide bonds. The van der Waals surface area contributed by atoms with E-state index in [1.165, 1.54) is 6.07 Å². The third kappa shape index (κ3) is 1.08. The van der Waals surface area contributed by atoms with Gasteiger partial charge in [-0.15, -0.1) is 0 Å². The average Bonchev–Trinajstić information content (AvgIpc) is 2.55. The van der Waals surface area contributed by atoms with Crippen molar-refractivity contribution in [1.29, 1.82) is 0 Å². The number of nitrogens with zero attached hydrogens (tertiary/aromatic N) is 1. The van der Waals surface area contributed by atoms with Crippen molar-refractivity contribution in [2.45, 2.75) is 25.8 Å². The van der Waals surface area contributed by atoms with Crippen molar-refractivity contribution in [2.24, 2.45) is 0 Å². The van der Waals surface area contributed by atoms with Gasteiger partial charge < -0.3 is 9.30 Å². The molecule has 0 saturated heterocycles. The zero-order valence-corrected chi connectivity index (χ0v) is 8.49. The van der Waals surface area contributed by atoms with E-state index in [4.69, 9.17) is 0 Å². The first-order chi connectivity index (χ1) is 7.68. The van der Waals surface area contributed by atoms with Crippen molar-refractivity contribution in [3.8, 4) is 0 Å². The summed E-state index contributed by atoms with van der Waals surface area (Å²) in [5.41, 5.74) is 0.858. The molecule has 82 valence electrons. The Morgan fingerprint density at radius 1 is 1.12 bits per heavy atom. The molecule has 2 aliphatic rings. The highest BCUT2D eigenvalue weighted by Gasteiger charge is 2.35. The Kier molecular flexibility index (Phi) is 1.77. The number of cyclic esters (lactones) is 2. The number of esters is 2. The summed E-state index contributed by atoms with van der Waals surface area (Å²) in [6.07, 6.45) is 2.51. The second-order valence-electron chi connectivity index (χ2n) is 4.00. The van der Waals surface area contributed by atoms with Gasteiger partial charge in [0.05, 0.1) is 11.1 Å². The van der Waals surface area contributed by atoms with E-state index in [0.717, 1.165) is 12.8 Å². The third-order valence-electron chi connectivity index (χ3n) is 3.07. The van der Waals surface area contributed by atoms with E-state index in [-0.39, 0.29) is 11.1 Å². The highest BCUT2D eigenvalue weighted by atomic mass is 16.6. The molecule has 0 N–H and O–H groups in total. The van der Waals surface area contributed by atoms with Crippen LogP contribution in [0.4, 0.5) is 0 Å². The normalized spacial score (nSPS) is 18.0. The molecule has 5 nitrogen and oxygen atoms in total. The standard InChI is InChI=1S/C11H9NO4/c13-8-5-6-9(11(15)16-10(6)14)7-3-1-2-4-12(7)8/h5H,1-4H2. The summed E-state index contributed by atoms with van der Waals surface area (Å²) in [4.78, 5) is 34.5. The maximum atomic E-state index is 11.7. The fourth-order valence-corrected chi connectivity index (χ4v) is 2.34. The van der Waals surface area contributed by atoms with E-state index >= 15 is 0 Å². The Balaban J connectivity index is 2.37. The summed E-state index contributed by atoms with van der Waals surface area (Å²) >= 11 is 0. The van der Waals surface area contributed by atoms with Crippen LogP contribution in [0.3, 0.4) is 0 Å². The van der Waals surface area contributed by atoms with Gasteiger partial charge in [0.15, 0.2) is 0 Å². The zero-order chi connectivity index (χ0) is 11.3. The highest BCUT2D eigenvalue weighted by molar-refractivity contribution is 6.15. The molecule has 1 aromatic heterocycles. The molecule has 5 heteroatoms. The van der Waals surface area contributed by atoms with Gasteiger partial charge in [0.2, 0.25) is 0 Å². The van der Waals surface area contributed by atoms with E-state index in [2.05, 4.69) is 4.74 Å². The second-order valence-corrected chi connectivity index (χ2v) is 4.00. The minimum Gasteiger partial charge on any atom is -0.386 e. The Labute approximate surface area is 90.6 Å². The number of fused-ring (bicyclic) bond motifs is 3. The lowest BCUT2D eigenvalue weighted by Gasteiger charge is -2.19. The van der Waals surface area contributed by atoms with Gasteiger partial charge in [0.1, 0.15) is 0 Å². The largest absolute Gasteiger partial charge is 0.386 e. The molecule has 0 radical (unpaired) electrons. The predicted octanol–water partition coefficient (Wildman–Crippen LogP) is 0.495. The molecule has 16 heavy (non-hydrogen) atoms. The summed E-state index contributed by atoms with van der Waals surface area (Å²) in [7, 11) is 0. The fourth-order valence-electron chi connectivity index (χ4n) is 2.34. The lowest BCUT2D eigenvalue weighted by atomic mass is 10.0. The topological polar surface area (TPSA) is 65.4 Å². The lowest BCUT2D eigenvalue weighted by Crippen LogP contribution is -2.29. The maximum absolute atomic E-state index is 11.7. The van der Waals surface area contributed by atoms with Gasteiger partial charge in [-0.2, -0.15) is 0 Å². The molecule has 0 atom stereocenters. The molecule has 0 aliphatic carbocycles. The Morgan fingerprint density at radius 2 is 1.94 bits per heavy atom. The van der Waals surface area contributed by atoms with Crippen molar-refractivity contribution in [1.82, 2.24) is 4.57 Å². The molecule has 3 rings (SSSR count). The van der Waals surface area contributed by atoms with Crippen LogP contribution in [-0.4, -0.2) is 16.5 Å². The van der Waals surface area contributed by atoms with Gasteiger partial charge in [0.25, 0.3) is 5.56 Å². The summed E-state index contributed by atoms with van der Waals surface area (Å²) in [6, 6.07) is 1.21. The van der Waals surface area contributed by atoms with Crippen molar-refractivity contribution in [2.75, 3.05) is 0 Å². The number of ether oxygens (including phenoxy) is 1. The Morgan fingerprint density at radius 3 is 2.75 bits per heavy atom. The van der Waals surface area contributed by atoms with Crippen molar-refractivity contribution >= 4 is 11.9 Å². The van der Waals surface area contributed by atoms with Gasteiger partial charge in [-0.1, -0.05) is 0 Å². The number of pyridine rings is 1. The molecule has 0 bridgehead atoms. The Hall–Kier alpha value is -1.91. The number of carbonyl (C=O) groups is 2. The minimum absolute atomic E-state index is 0.128. The predicted molar refractivity (Wildman–Crippen MR) is 53.4 cm³/mol. The van der Waals surface area contributed by atoms with Crippen LogP contribution >= 0.6 is 0 Å². The summed E-state index contributed by atoms with van der Waals surface area (Å²) in [5, 5.41) is 0. The summed E-state index contributed by atoms with van der Waals surface area (Å²) in [6.45, 7) is 0.614. The fraction of sp³-hybridized carbons (Fsp3) is 0.364. The van der Waals surface area contributed by atoms with Crippen molar-refractivity contribution < 1.29 is 14.3 Å². The molecule has 2 aliphatic heterocycles. The Bertz CT molecular complexity index is 570. The van der Waals surface area contributed by atoms with Crippen LogP contribution < -0.4 is 5.56 Å². The first kappa shape index (κ1) is 9.33. The second kappa shape index (κ2) is 3.04. The van der Waals surface area contributed by atoms with Crippen LogP contribution in [0.5, 0.6) is 0 Å². The molecule has 0 saturated carbocycles. The smallest absolute Gasteiger partial charge is 0.348 e. The quantitative estimate of drug-likeness (QED) is 0.470. The van der Waals surface area contributed by atoms with Crippen LogP contribution in [0.2, 0.25) is 0 Å². The van der Waals surface area contributed by atoms with Gasteiger partial charge in [-0.25, -0.2) is 9.59 Å². The first-order valence-corrected chi connectivity index (χ1v) is 5.21.